The fourth-order valence-electron chi connectivity index (χ4n) is 2.54. The second-order valence-electron chi connectivity index (χ2n) is 5.64. The van der Waals surface area contributed by atoms with Crippen LogP contribution in [0.3, 0.4) is 0 Å². The number of nitrogens with zero attached hydrogens (tertiary/aromatic N) is 1. The molecule has 1 aliphatic rings. The normalized spacial score (nSPS) is 15.1. The molecule has 1 heterocycles. The Hall–Kier alpha value is -1.16. The lowest BCUT2D eigenvalue weighted by molar-refractivity contribution is 0.364. The molecule has 1 aromatic heterocycles. The van der Waals surface area contributed by atoms with Crippen molar-refractivity contribution in [3.05, 3.63) is 47.4 Å². The van der Waals surface area contributed by atoms with Crippen molar-refractivity contribution in [3.63, 3.8) is 0 Å². The van der Waals surface area contributed by atoms with E-state index in [9.17, 15) is 0 Å². The molecule has 0 saturated heterocycles. The highest BCUT2D eigenvalue weighted by Crippen LogP contribution is 2.32. The molecule has 3 rings (SSSR count). The topological polar surface area (TPSA) is 15.3 Å². The highest BCUT2D eigenvalue weighted by molar-refractivity contribution is 7.19. The molecule has 1 aromatic carbocycles. The number of likely N-dealkylation sites (N-methyl/N-ethyl adjacent to an activating group) is 1. The van der Waals surface area contributed by atoms with Gasteiger partial charge in [-0.3, -0.25) is 4.90 Å². The molecule has 1 N–H and O–H groups in total. The van der Waals surface area contributed by atoms with E-state index in [4.69, 9.17) is 0 Å². The molecule has 0 radical (unpaired) electrons. The Labute approximate surface area is 125 Å². The predicted molar refractivity (Wildman–Crippen MR) is 88.2 cm³/mol. The Balaban J connectivity index is 1.87. The van der Waals surface area contributed by atoms with Crippen LogP contribution in [-0.4, -0.2) is 24.5 Å². The van der Waals surface area contributed by atoms with Crippen LogP contribution >= 0.6 is 11.3 Å². The third kappa shape index (κ3) is 3.11. The SMILES string of the molecule is C=CCN(C)Cc1c(CNC2CC2)sc2ccccc12. The zero-order chi connectivity index (χ0) is 13.9. The van der Waals surface area contributed by atoms with Gasteiger partial charge >= 0.3 is 0 Å². The van der Waals surface area contributed by atoms with Gasteiger partial charge in [0.1, 0.15) is 0 Å². The quantitative estimate of drug-likeness (QED) is 0.779. The molecule has 1 fully saturated rings. The molecule has 0 amide bonds. The van der Waals surface area contributed by atoms with Gasteiger partial charge in [-0.05, 0) is 36.9 Å². The third-order valence-electron chi connectivity index (χ3n) is 3.78. The van der Waals surface area contributed by atoms with Crippen LogP contribution in [0.4, 0.5) is 0 Å². The number of benzene rings is 1. The van der Waals surface area contributed by atoms with Crippen molar-refractivity contribution < 1.29 is 0 Å². The van der Waals surface area contributed by atoms with Crippen molar-refractivity contribution >= 4 is 21.4 Å². The van der Waals surface area contributed by atoms with Crippen LogP contribution in [0.15, 0.2) is 36.9 Å². The molecule has 2 aromatic rings. The van der Waals surface area contributed by atoms with E-state index in [-0.39, 0.29) is 0 Å². The monoisotopic (exact) mass is 286 g/mol. The van der Waals surface area contributed by atoms with Crippen LogP contribution in [0.5, 0.6) is 0 Å². The molecule has 1 aliphatic carbocycles. The van der Waals surface area contributed by atoms with Gasteiger partial charge in [-0.15, -0.1) is 17.9 Å². The van der Waals surface area contributed by atoms with Crippen LogP contribution in [0.2, 0.25) is 0 Å². The van der Waals surface area contributed by atoms with E-state index in [2.05, 4.69) is 48.1 Å². The second kappa shape index (κ2) is 6.08. The van der Waals surface area contributed by atoms with Gasteiger partial charge in [-0.2, -0.15) is 0 Å². The molecular formula is C17H22N2S. The highest BCUT2D eigenvalue weighted by Gasteiger charge is 2.21. The summed E-state index contributed by atoms with van der Waals surface area (Å²) in [6.07, 6.45) is 4.66. The first-order valence-electron chi connectivity index (χ1n) is 7.30. The van der Waals surface area contributed by atoms with E-state index in [1.54, 1.807) is 0 Å². The first-order valence-corrected chi connectivity index (χ1v) is 8.11. The molecule has 106 valence electrons. The molecular weight excluding hydrogens is 264 g/mol. The van der Waals surface area contributed by atoms with E-state index in [1.165, 1.54) is 33.4 Å². The van der Waals surface area contributed by atoms with Crippen molar-refractivity contribution in [2.45, 2.75) is 32.0 Å². The summed E-state index contributed by atoms with van der Waals surface area (Å²) < 4.78 is 1.40. The lowest BCUT2D eigenvalue weighted by atomic mass is 10.1. The summed E-state index contributed by atoms with van der Waals surface area (Å²) in [4.78, 5) is 3.82. The van der Waals surface area contributed by atoms with E-state index >= 15 is 0 Å². The minimum absolute atomic E-state index is 0.763. The van der Waals surface area contributed by atoms with Gasteiger partial charge in [0.25, 0.3) is 0 Å². The zero-order valence-electron chi connectivity index (χ0n) is 12.1. The summed E-state index contributed by atoms with van der Waals surface area (Å²) in [6.45, 7) is 6.77. The van der Waals surface area contributed by atoms with Crippen LogP contribution in [0.25, 0.3) is 10.1 Å². The zero-order valence-corrected chi connectivity index (χ0v) is 12.9. The van der Waals surface area contributed by atoms with Gasteiger partial charge in [-0.25, -0.2) is 0 Å². The van der Waals surface area contributed by atoms with Crippen molar-refractivity contribution in [1.29, 1.82) is 0 Å². The van der Waals surface area contributed by atoms with Gasteiger partial charge < -0.3 is 5.32 Å². The summed E-state index contributed by atoms with van der Waals surface area (Å²) in [5.41, 5.74) is 1.49. The largest absolute Gasteiger partial charge is 0.309 e. The average Bonchev–Trinajstić information content (AvgIpc) is 3.21. The first-order chi connectivity index (χ1) is 9.78. The van der Waals surface area contributed by atoms with E-state index in [1.807, 2.05) is 17.4 Å². The molecule has 1 saturated carbocycles. The molecule has 2 nitrogen and oxygen atoms in total. The first kappa shape index (κ1) is 13.8. The summed E-state index contributed by atoms with van der Waals surface area (Å²) in [6, 6.07) is 9.53. The van der Waals surface area contributed by atoms with Crippen LogP contribution in [0, 0.1) is 0 Å². The van der Waals surface area contributed by atoms with Gasteiger partial charge in [0.15, 0.2) is 0 Å². The van der Waals surface area contributed by atoms with E-state index in [0.717, 1.165) is 25.7 Å². The van der Waals surface area contributed by atoms with Crippen molar-refractivity contribution in [2.24, 2.45) is 0 Å². The Morgan fingerprint density at radius 3 is 2.95 bits per heavy atom. The summed E-state index contributed by atoms with van der Waals surface area (Å²) in [7, 11) is 2.16. The van der Waals surface area contributed by atoms with Crippen LogP contribution in [0.1, 0.15) is 23.3 Å². The van der Waals surface area contributed by atoms with Crippen molar-refractivity contribution in [2.75, 3.05) is 13.6 Å². The smallest absolute Gasteiger partial charge is 0.0349 e. The Morgan fingerprint density at radius 1 is 1.40 bits per heavy atom. The summed E-state index contributed by atoms with van der Waals surface area (Å²) >= 11 is 1.94. The van der Waals surface area contributed by atoms with Gasteiger partial charge in [0.2, 0.25) is 0 Å². The average molecular weight is 286 g/mol. The molecule has 3 heteroatoms. The predicted octanol–water partition coefficient (Wildman–Crippen LogP) is 3.77. The van der Waals surface area contributed by atoms with Gasteiger partial charge in [0.05, 0.1) is 0 Å². The van der Waals surface area contributed by atoms with Crippen LogP contribution in [-0.2, 0) is 13.1 Å². The van der Waals surface area contributed by atoms with Crippen LogP contribution < -0.4 is 5.32 Å². The number of hydrogen-bond donors (Lipinski definition) is 1. The van der Waals surface area contributed by atoms with Crippen molar-refractivity contribution in [3.8, 4) is 0 Å². The molecule has 0 atom stereocenters. The number of fused-ring (bicyclic) bond motifs is 1. The number of hydrogen-bond acceptors (Lipinski definition) is 3. The molecule has 20 heavy (non-hydrogen) atoms. The fraction of sp³-hybridized carbons (Fsp3) is 0.412. The second-order valence-corrected chi connectivity index (χ2v) is 6.78. The standard InChI is InChI=1S/C17H22N2S/c1-3-10-19(2)12-15-14-6-4-5-7-16(14)20-17(15)11-18-13-8-9-13/h3-7,13,18H,1,8-12H2,2H3. The number of thiophene rings is 1. The molecule has 0 unspecified atom stereocenters. The Kier molecular flexibility index (Phi) is 4.20. The van der Waals surface area contributed by atoms with Gasteiger partial charge in [-0.1, -0.05) is 24.3 Å². The fourth-order valence-corrected chi connectivity index (χ4v) is 3.71. The summed E-state index contributed by atoms with van der Waals surface area (Å²) in [5, 5.41) is 5.07. The maximum Gasteiger partial charge on any atom is 0.0349 e. The third-order valence-corrected chi connectivity index (χ3v) is 4.99. The van der Waals surface area contributed by atoms with E-state index in [0.29, 0.717) is 0 Å². The molecule has 0 bridgehead atoms. The number of nitrogens with one attached hydrogen (secondary N) is 1. The maximum absolute atomic E-state index is 3.83. The Morgan fingerprint density at radius 2 is 2.20 bits per heavy atom. The Bertz CT molecular complexity index is 598. The highest BCUT2D eigenvalue weighted by atomic mass is 32.1. The lowest BCUT2D eigenvalue weighted by Gasteiger charge is -2.15. The molecule has 0 spiro atoms. The number of rotatable bonds is 7. The van der Waals surface area contributed by atoms with E-state index < -0.39 is 0 Å². The van der Waals surface area contributed by atoms with Gasteiger partial charge in [0, 0.05) is 35.3 Å². The minimum atomic E-state index is 0.763. The molecule has 0 aliphatic heterocycles. The summed E-state index contributed by atoms with van der Waals surface area (Å²) in [5.74, 6) is 0. The lowest BCUT2D eigenvalue weighted by Crippen LogP contribution is -2.20. The van der Waals surface area contributed by atoms with Crippen molar-refractivity contribution in [1.82, 2.24) is 10.2 Å². The minimum Gasteiger partial charge on any atom is -0.309 e. The maximum atomic E-state index is 3.83.